The quantitative estimate of drug-likeness (QED) is 0.402. The van der Waals surface area contributed by atoms with Crippen LogP contribution in [0.3, 0.4) is 0 Å². The summed E-state index contributed by atoms with van der Waals surface area (Å²) in [6, 6.07) is 17.5. The van der Waals surface area contributed by atoms with E-state index in [1.807, 2.05) is 60.7 Å². The second kappa shape index (κ2) is 12.5. The number of amides is 1. The molecule has 0 fully saturated rings. The van der Waals surface area contributed by atoms with Crippen LogP contribution in [-0.2, 0) is 32.1 Å². The van der Waals surface area contributed by atoms with Crippen LogP contribution in [0.2, 0.25) is 0 Å². The van der Waals surface area contributed by atoms with Gasteiger partial charge in [0.1, 0.15) is 6.04 Å². The summed E-state index contributed by atoms with van der Waals surface area (Å²) in [6.45, 7) is 1.74. The second-order valence-electron chi connectivity index (χ2n) is 7.27. The molecule has 0 aliphatic heterocycles. The molecule has 7 nitrogen and oxygen atoms in total. The lowest BCUT2D eigenvalue weighted by Gasteiger charge is -2.22. The number of hydrogen-bond donors (Lipinski definition) is 2. The van der Waals surface area contributed by atoms with Gasteiger partial charge >= 0.3 is 11.9 Å². The van der Waals surface area contributed by atoms with Gasteiger partial charge in [0.2, 0.25) is 7.85 Å². The number of hydrogen-bond acceptors (Lipinski definition) is 5. The first kappa shape index (κ1) is 24.1. The van der Waals surface area contributed by atoms with Crippen LogP contribution < -0.4 is 5.32 Å². The van der Waals surface area contributed by atoms with Gasteiger partial charge in [0.15, 0.2) is 5.81 Å². The third kappa shape index (κ3) is 9.05. The SMILES string of the molecule is [B]C(=O)N[C@@H](COCc1ccccc1)C(=O)O[C@@H](C)C[C@@H](Cc1ccccc1)C(=O)O. The van der Waals surface area contributed by atoms with Crippen molar-refractivity contribution >= 4 is 25.6 Å². The predicted molar refractivity (Wildman–Crippen MR) is 116 cm³/mol. The molecule has 3 atom stereocenters. The monoisotopic (exact) mass is 423 g/mol. The summed E-state index contributed by atoms with van der Waals surface area (Å²) >= 11 is 0. The molecule has 0 aliphatic rings. The highest BCUT2D eigenvalue weighted by atomic mass is 16.5. The molecule has 0 heterocycles. The zero-order chi connectivity index (χ0) is 22.6. The normalized spacial score (nSPS) is 13.6. The van der Waals surface area contributed by atoms with E-state index in [0.717, 1.165) is 11.1 Å². The number of carbonyl (C=O) groups is 3. The Kier molecular flexibility index (Phi) is 9.77. The highest BCUT2D eigenvalue weighted by Crippen LogP contribution is 2.17. The van der Waals surface area contributed by atoms with E-state index in [1.165, 1.54) is 0 Å². The molecule has 162 valence electrons. The fraction of sp³-hybridized carbons (Fsp3) is 0.348. The molecule has 2 rings (SSSR count). The van der Waals surface area contributed by atoms with E-state index in [0.29, 0.717) is 6.42 Å². The first-order valence-electron chi connectivity index (χ1n) is 10.00. The average molecular weight is 423 g/mol. The molecule has 0 unspecified atom stereocenters. The Morgan fingerprint density at radius 2 is 1.58 bits per heavy atom. The van der Waals surface area contributed by atoms with E-state index in [2.05, 4.69) is 5.32 Å². The zero-order valence-corrected chi connectivity index (χ0v) is 17.4. The fourth-order valence-corrected chi connectivity index (χ4v) is 3.11. The molecule has 1 amide bonds. The van der Waals surface area contributed by atoms with Crippen LogP contribution in [0.5, 0.6) is 0 Å². The molecule has 0 spiro atoms. The van der Waals surface area contributed by atoms with Crippen molar-refractivity contribution in [2.75, 3.05) is 6.61 Å². The fourth-order valence-electron chi connectivity index (χ4n) is 3.11. The number of benzene rings is 2. The zero-order valence-electron chi connectivity index (χ0n) is 17.4. The van der Waals surface area contributed by atoms with E-state index < -0.39 is 35.8 Å². The lowest BCUT2D eigenvalue weighted by Crippen LogP contribution is -2.45. The standard InChI is InChI=1S/C23H26BNO6/c1-16(12-19(21(26)27)13-17-8-4-2-5-9-17)31-22(28)20(25-23(24)29)15-30-14-18-10-6-3-7-11-18/h2-11,16,19-20H,12-15H2,1H3,(H,25,29)(H,26,27)/t16-,19-,20-/m0/s1. The van der Waals surface area contributed by atoms with Crippen molar-refractivity contribution in [2.45, 2.75) is 38.5 Å². The van der Waals surface area contributed by atoms with Gasteiger partial charge in [-0.25, -0.2) is 4.79 Å². The summed E-state index contributed by atoms with van der Waals surface area (Å²) in [4.78, 5) is 35.4. The summed E-state index contributed by atoms with van der Waals surface area (Å²) in [5.74, 6) is -3.31. The Bertz CT molecular complexity index is 846. The van der Waals surface area contributed by atoms with E-state index in [-0.39, 0.29) is 19.6 Å². The third-order valence-electron chi connectivity index (χ3n) is 4.61. The van der Waals surface area contributed by atoms with Crippen molar-refractivity contribution in [2.24, 2.45) is 5.92 Å². The topological polar surface area (TPSA) is 102 Å². The molecule has 8 heteroatoms. The molecular formula is C23H26BNO6. The van der Waals surface area contributed by atoms with Crippen LogP contribution in [0.1, 0.15) is 24.5 Å². The summed E-state index contributed by atoms with van der Waals surface area (Å²) < 4.78 is 10.9. The maximum absolute atomic E-state index is 12.5. The van der Waals surface area contributed by atoms with Gasteiger partial charge in [-0.1, -0.05) is 60.7 Å². The highest BCUT2D eigenvalue weighted by molar-refractivity contribution is 6.57. The van der Waals surface area contributed by atoms with Crippen molar-refractivity contribution in [3.63, 3.8) is 0 Å². The van der Waals surface area contributed by atoms with Crippen LogP contribution >= 0.6 is 0 Å². The van der Waals surface area contributed by atoms with Crippen LogP contribution in [0.4, 0.5) is 4.79 Å². The van der Waals surface area contributed by atoms with Crippen molar-refractivity contribution in [1.82, 2.24) is 5.32 Å². The number of ether oxygens (including phenoxy) is 2. The smallest absolute Gasteiger partial charge is 0.331 e. The van der Waals surface area contributed by atoms with Crippen LogP contribution in [0.15, 0.2) is 60.7 Å². The number of carboxylic acids is 1. The molecule has 2 aromatic carbocycles. The molecule has 2 aromatic rings. The minimum absolute atomic E-state index is 0.129. The van der Waals surface area contributed by atoms with Gasteiger partial charge in [-0.2, -0.15) is 0 Å². The maximum Gasteiger partial charge on any atom is 0.331 e. The molecule has 2 radical (unpaired) electrons. The molecule has 2 N–H and O–H groups in total. The molecule has 0 aromatic heterocycles. The van der Waals surface area contributed by atoms with Crippen molar-refractivity contribution in [3.05, 3.63) is 71.8 Å². The van der Waals surface area contributed by atoms with E-state index in [9.17, 15) is 19.5 Å². The molecule has 0 saturated heterocycles. The highest BCUT2D eigenvalue weighted by Gasteiger charge is 2.27. The van der Waals surface area contributed by atoms with Crippen LogP contribution in [-0.4, -0.2) is 49.5 Å². The van der Waals surface area contributed by atoms with Crippen LogP contribution in [0, 0.1) is 5.92 Å². The van der Waals surface area contributed by atoms with Crippen molar-refractivity contribution < 1.29 is 29.0 Å². The van der Waals surface area contributed by atoms with E-state index >= 15 is 0 Å². The minimum atomic E-state index is -1.10. The first-order valence-corrected chi connectivity index (χ1v) is 10.00. The lowest BCUT2D eigenvalue weighted by atomic mass is 9.94. The summed E-state index contributed by atoms with van der Waals surface area (Å²) in [7, 11) is 5.16. The molecule has 31 heavy (non-hydrogen) atoms. The number of carbonyl (C=O) groups excluding carboxylic acids is 2. The summed E-state index contributed by atoms with van der Waals surface area (Å²) in [5.41, 5.74) is 1.79. The van der Waals surface area contributed by atoms with Gasteiger partial charge in [-0.05, 0) is 30.9 Å². The van der Waals surface area contributed by atoms with Crippen LogP contribution in [0.25, 0.3) is 0 Å². The van der Waals surface area contributed by atoms with E-state index in [1.54, 1.807) is 6.92 Å². The van der Waals surface area contributed by atoms with Gasteiger partial charge in [-0.15, -0.1) is 0 Å². The Hall–Kier alpha value is -3.13. The van der Waals surface area contributed by atoms with Crippen molar-refractivity contribution in [3.8, 4) is 0 Å². The Balaban J connectivity index is 1.90. The Morgan fingerprint density at radius 1 is 1.00 bits per heavy atom. The predicted octanol–water partition coefficient (Wildman–Crippen LogP) is 2.72. The second-order valence-corrected chi connectivity index (χ2v) is 7.27. The van der Waals surface area contributed by atoms with Gasteiger partial charge < -0.3 is 19.9 Å². The third-order valence-corrected chi connectivity index (χ3v) is 4.61. The van der Waals surface area contributed by atoms with Gasteiger partial charge in [0.05, 0.1) is 25.2 Å². The van der Waals surface area contributed by atoms with Gasteiger partial charge in [0.25, 0.3) is 0 Å². The Morgan fingerprint density at radius 3 is 2.13 bits per heavy atom. The van der Waals surface area contributed by atoms with Crippen molar-refractivity contribution in [1.29, 1.82) is 0 Å². The Labute approximate surface area is 183 Å². The molecular weight excluding hydrogens is 397 g/mol. The van der Waals surface area contributed by atoms with Gasteiger partial charge in [-0.3, -0.25) is 9.59 Å². The average Bonchev–Trinajstić information content (AvgIpc) is 2.73. The molecule has 0 aliphatic carbocycles. The lowest BCUT2D eigenvalue weighted by molar-refractivity contribution is -0.155. The van der Waals surface area contributed by atoms with E-state index in [4.69, 9.17) is 17.3 Å². The molecule has 0 bridgehead atoms. The van der Waals surface area contributed by atoms with Gasteiger partial charge in [0, 0.05) is 0 Å². The number of esters is 1. The summed E-state index contributed by atoms with van der Waals surface area (Å²) in [6.07, 6.45) is -0.227. The maximum atomic E-state index is 12.5. The molecule has 0 saturated carbocycles. The summed E-state index contributed by atoms with van der Waals surface area (Å²) in [5, 5.41) is 11.8. The number of nitrogens with one attached hydrogen (secondary N) is 1. The number of aliphatic carboxylic acids is 1. The first-order chi connectivity index (χ1) is 14.8. The number of rotatable bonds is 12. The largest absolute Gasteiger partial charge is 0.481 e. The minimum Gasteiger partial charge on any atom is -0.481 e. The number of carboxylic acid groups (broad SMARTS) is 1.